The summed E-state index contributed by atoms with van der Waals surface area (Å²) in [4.78, 5) is 13.7. The molecule has 1 aliphatic heterocycles. The van der Waals surface area contributed by atoms with Crippen LogP contribution in [0.5, 0.6) is 0 Å². The molecule has 1 amide bonds. The van der Waals surface area contributed by atoms with Gasteiger partial charge in [-0.25, -0.2) is 5.06 Å². The maximum Gasteiger partial charge on any atom is 0.244 e. The van der Waals surface area contributed by atoms with Gasteiger partial charge in [0.15, 0.2) is 0 Å². The van der Waals surface area contributed by atoms with Crippen LogP contribution >= 0.6 is 0 Å². The average molecular weight is 234 g/mol. The van der Waals surface area contributed by atoms with Gasteiger partial charge in [0, 0.05) is 13.1 Å². The van der Waals surface area contributed by atoms with Crippen LogP contribution in [0.25, 0.3) is 0 Å². The van der Waals surface area contributed by atoms with E-state index < -0.39 is 0 Å². The minimum Gasteiger partial charge on any atom is -0.341 e. The van der Waals surface area contributed by atoms with Gasteiger partial charge >= 0.3 is 0 Å². The van der Waals surface area contributed by atoms with E-state index in [0.717, 1.165) is 31.0 Å². The van der Waals surface area contributed by atoms with Gasteiger partial charge in [-0.15, -0.1) is 0 Å². The number of anilines is 1. The number of carbonyl (C=O) groups is 1. The van der Waals surface area contributed by atoms with Crippen LogP contribution in [0.1, 0.15) is 19.3 Å². The van der Waals surface area contributed by atoms with Gasteiger partial charge in [-0.1, -0.05) is 18.2 Å². The van der Waals surface area contributed by atoms with Crippen LogP contribution in [0.2, 0.25) is 0 Å². The van der Waals surface area contributed by atoms with E-state index in [1.54, 1.807) is 12.1 Å². The first kappa shape index (κ1) is 11.9. The van der Waals surface area contributed by atoms with Crippen LogP contribution in [0.15, 0.2) is 30.3 Å². The van der Waals surface area contributed by atoms with Gasteiger partial charge in [0.25, 0.3) is 0 Å². The molecule has 0 unspecified atom stereocenters. The highest BCUT2D eigenvalue weighted by Gasteiger charge is 2.18. The van der Waals surface area contributed by atoms with Crippen LogP contribution in [-0.4, -0.2) is 35.6 Å². The maximum absolute atomic E-state index is 11.9. The number of hydrogen-bond acceptors (Lipinski definition) is 3. The maximum atomic E-state index is 11.9. The Kier molecular flexibility index (Phi) is 3.98. The third kappa shape index (κ3) is 3.20. The summed E-state index contributed by atoms with van der Waals surface area (Å²) in [6, 6.07) is 9.12. The largest absolute Gasteiger partial charge is 0.341 e. The molecule has 1 aromatic carbocycles. The Morgan fingerprint density at radius 1 is 1.18 bits per heavy atom. The molecule has 0 saturated carbocycles. The lowest BCUT2D eigenvalue weighted by atomic mass is 10.1. The van der Waals surface area contributed by atoms with Crippen molar-refractivity contribution < 1.29 is 10.0 Å². The highest BCUT2D eigenvalue weighted by Crippen LogP contribution is 2.13. The lowest BCUT2D eigenvalue weighted by Gasteiger charge is -2.28. The Morgan fingerprint density at radius 3 is 2.47 bits per heavy atom. The first-order valence-corrected chi connectivity index (χ1v) is 6.06. The summed E-state index contributed by atoms with van der Waals surface area (Å²) in [5.41, 5.74) is 0.651. The molecule has 1 fully saturated rings. The molecule has 0 radical (unpaired) electrons. The first-order chi connectivity index (χ1) is 8.27. The predicted octanol–water partition coefficient (Wildman–Crippen LogP) is 1.89. The second kappa shape index (κ2) is 5.68. The zero-order valence-electron chi connectivity index (χ0n) is 9.88. The summed E-state index contributed by atoms with van der Waals surface area (Å²) in [5.74, 6) is -0.00365. The molecular formula is C13H18N2O2. The molecule has 1 heterocycles. The summed E-state index contributed by atoms with van der Waals surface area (Å²) < 4.78 is 0. The van der Waals surface area contributed by atoms with Crippen molar-refractivity contribution in [2.75, 3.05) is 24.7 Å². The van der Waals surface area contributed by atoms with Crippen LogP contribution in [0.4, 0.5) is 5.69 Å². The number of rotatable bonds is 3. The van der Waals surface area contributed by atoms with Gasteiger partial charge in [0.05, 0.1) is 5.69 Å². The lowest BCUT2D eigenvalue weighted by molar-refractivity contribution is -0.131. The predicted molar refractivity (Wildman–Crippen MR) is 66.0 cm³/mol. The summed E-state index contributed by atoms with van der Waals surface area (Å²) in [6.07, 6.45) is 3.34. The normalized spacial score (nSPS) is 15.7. The van der Waals surface area contributed by atoms with Crippen molar-refractivity contribution in [2.45, 2.75) is 19.3 Å². The molecule has 92 valence electrons. The lowest BCUT2D eigenvalue weighted by Crippen LogP contribution is -2.41. The second-order valence-electron chi connectivity index (χ2n) is 4.33. The van der Waals surface area contributed by atoms with E-state index in [0.29, 0.717) is 5.69 Å². The van der Waals surface area contributed by atoms with Gasteiger partial charge in [-0.05, 0) is 31.4 Å². The van der Waals surface area contributed by atoms with Crippen LogP contribution in [0, 0.1) is 0 Å². The monoisotopic (exact) mass is 234 g/mol. The van der Waals surface area contributed by atoms with Gasteiger partial charge in [-0.3, -0.25) is 10.0 Å². The standard InChI is InChI=1S/C13H18N2O2/c16-13(14-9-5-2-6-10-14)11-15(17)12-7-3-1-4-8-12/h1,3-4,7-8,17H,2,5-6,9-11H2. The van der Waals surface area contributed by atoms with Gasteiger partial charge in [0.2, 0.25) is 5.91 Å². The van der Waals surface area contributed by atoms with Crippen molar-refractivity contribution in [1.82, 2.24) is 4.90 Å². The third-order valence-corrected chi connectivity index (χ3v) is 3.05. The van der Waals surface area contributed by atoms with Crippen molar-refractivity contribution in [2.24, 2.45) is 0 Å². The van der Waals surface area contributed by atoms with Crippen molar-refractivity contribution in [3.8, 4) is 0 Å². The minimum atomic E-state index is -0.00365. The molecule has 2 rings (SSSR count). The number of piperidine rings is 1. The Balaban J connectivity index is 1.89. The molecule has 0 spiro atoms. The van der Waals surface area contributed by atoms with Crippen molar-refractivity contribution in [3.05, 3.63) is 30.3 Å². The topological polar surface area (TPSA) is 43.8 Å². The fourth-order valence-corrected chi connectivity index (χ4v) is 2.06. The third-order valence-electron chi connectivity index (χ3n) is 3.05. The molecule has 4 heteroatoms. The quantitative estimate of drug-likeness (QED) is 0.812. The van der Waals surface area contributed by atoms with Crippen molar-refractivity contribution in [1.29, 1.82) is 0 Å². The molecule has 1 aromatic rings. The Morgan fingerprint density at radius 2 is 1.82 bits per heavy atom. The Hall–Kier alpha value is -1.55. The number of benzene rings is 1. The summed E-state index contributed by atoms with van der Waals surface area (Å²) >= 11 is 0. The first-order valence-electron chi connectivity index (χ1n) is 6.06. The van der Waals surface area contributed by atoms with Crippen LogP contribution < -0.4 is 5.06 Å². The summed E-state index contributed by atoms with van der Waals surface area (Å²) in [7, 11) is 0. The molecule has 1 N–H and O–H groups in total. The SMILES string of the molecule is O=C(CN(O)c1ccccc1)N1CCCCC1. The molecule has 0 aromatic heterocycles. The van der Waals surface area contributed by atoms with E-state index in [1.807, 2.05) is 23.1 Å². The second-order valence-corrected chi connectivity index (χ2v) is 4.33. The molecule has 1 saturated heterocycles. The summed E-state index contributed by atoms with van der Waals surface area (Å²) in [6.45, 7) is 1.67. The zero-order chi connectivity index (χ0) is 12.1. The number of likely N-dealkylation sites (tertiary alicyclic amines) is 1. The molecular weight excluding hydrogens is 216 g/mol. The number of nitrogens with zero attached hydrogens (tertiary/aromatic N) is 2. The van der Waals surface area contributed by atoms with E-state index in [9.17, 15) is 10.0 Å². The fourth-order valence-electron chi connectivity index (χ4n) is 2.06. The van der Waals surface area contributed by atoms with Gasteiger partial charge in [-0.2, -0.15) is 0 Å². The molecule has 4 nitrogen and oxygen atoms in total. The van der Waals surface area contributed by atoms with E-state index in [-0.39, 0.29) is 12.5 Å². The average Bonchev–Trinajstić information content (AvgIpc) is 2.40. The van der Waals surface area contributed by atoms with Gasteiger partial charge < -0.3 is 4.90 Å². The van der Waals surface area contributed by atoms with E-state index in [2.05, 4.69) is 0 Å². The number of para-hydroxylation sites is 1. The summed E-state index contributed by atoms with van der Waals surface area (Å²) in [5, 5.41) is 10.8. The Labute approximate surface area is 101 Å². The van der Waals surface area contributed by atoms with E-state index >= 15 is 0 Å². The highest BCUT2D eigenvalue weighted by molar-refractivity contribution is 5.81. The van der Waals surface area contributed by atoms with Crippen molar-refractivity contribution >= 4 is 11.6 Å². The number of hydrogen-bond donors (Lipinski definition) is 1. The van der Waals surface area contributed by atoms with Crippen molar-refractivity contribution in [3.63, 3.8) is 0 Å². The molecule has 0 atom stereocenters. The smallest absolute Gasteiger partial charge is 0.244 e. The number of carbonyl (C=O) groups excluding carboxylic acids is 1. The molecule has 0 bridgehead atoms. The Bertz CT molecular complexity index is 361. The van der Waals surface area contributed by atoms with Crippen LogP contribution in [0.3, 0.4) is 0 Å². The molecule has 0 aliphatic carbocycles. The number of amides is 1. The van der Waals surface area contributed by atoms with Gasteiger partial charge in [0.1, 0.15) is 6.54 Å². The van der Waals surface area contributed by atoms with E-state index in [4.69, 9.17) is 0 Å². The van der Waals surface area contributed by atoms with E-state index in [1.165, 1.54) is 6.42 Å². The van der Waals surface area contributed by atoms with Crippen LogP contribution in [-0.2, 0) is 4.79 Å². The zero-order valence-corrected chi connectivity index (χ0v) is 9.88. The minimum absolute atomic E-state index is 0.00365. The molecule has 1 aliphatic rings. The molecule has 17 heavy (non-hydrogen) atoms. The number of hydroxylamine groups is 1. The highest BCUT2D eigenvalue weighted by atomic mass is 16.5. The fraction of sp³-hybridized carbons (Fsp3) is 0.462.